The molecule has 5 rings (SSSR count). The summed E-state index contributed by atoms with van der Waals surface area (Å²) in [6.07, 6.45) is 14.5. The number of anilines is 2. The number of hydrogen-bond donors (Lipinski definition) is 1. The summed E-state index contributed by atoms with van der Waals surface area (Å²) in [4.78, 5) is 16.7. The quantitative estimate of drug-likeness (QED) is 0.431. The second-order valence-corrected chi connectivity index (χ2v) is 10.3. The average Bonchev–Trinajstić information content (AvgIpc) is 3.35. The van der Waals surface area contributed by atoms with E-state index in [9.17, 15) is 0 Å². The van der Waals surface area contributed by atoms with Crippen LogP contribution in [-0.2, 0) is 0 Å². The van der Waals surface area contributed by atoms with Crippen molar-refractivity contribution in [1.29, 1.82) is 0 Å². The minimum Gasteiger partial charge on any atom is -0.497 e. The molecule has 2 heterocycles. The van der Waals surface area contributed by atoms with Gasteiger partial charge in [0.15, 0.2) is 0 Å². The number of benzene rings is 1. The predicted molar refractivity (Wildman–Crippen MR) is 141 cm³/mol. The third-order valence-electron chi connectivity index (χ3n) is 7.26. The molecule has 1 aromatic carbocycles. The van der Waals surface area contributed by atoms with Crippen molar-refractivity contribution in [2.24, 2.45) is 0 Å². The molecule has 2 aromatic heterocycles. The van der Waals surface area contributed by atoms with E-state index in [1.807, 2.05) is 30.5 Å². The molecular formula is C26H35N7OS. The summed E-state index contributed by atoms with van der Waals surface area (Å²) in [5, 5.41) is 5.82. The van der Waals surface area contributed by atoms with Crippen molar-refractivity contribution in [3.8, 4) is 23.0 Å². The van der Waals surface area contributed by atoms with Crippen LogP contribution in [0.15, 0.2) is 35.4 Å². The standard InChI is InChI=1S/C26H35N7OS/c1-34-21-15-13-18(14-16-21)22-17-23(35-2)33(31-22)26-29-24(27)28-25(30-26)32(19-9-5-3-6-10-19)20-11-7-4-8-12-20/h13-17,19-20H,3-12H2,1-2H3,(H2,27,28,29,30). The highest BCUT2D eigenvalue weighted by atomic mass is 32.2. The molecule has 3 aromatic rings. The van der Waals surface area contributed by atoms with Gasteiger partial charge in [-0.1, -0.05) is 38.5 Å². The van der Waals surface area contributed by atoms with Crippen LogP contribution in [-0.4, -0.2) is 50.2 Å². The Hall–Kier alpha value is -2.81. The molecular weight excluding hydrogens is 458 g/mol. The molecule has 2 aliphatic rings. The van der Waals surface area contributed by atoms with E-state index in [0.717, 1.165) is 22.0 Å². The van der Waals surface area contributed by atoms with Gasteiger partial charge >= 0.3 is 0 Å². The smallest absolute Gasteiger partial charge is 0.258 e. The lowest BCUT2D eigenvalue weighted by atomic mass is 9.89. The molecule has 2 saturated carbocycles. The van der Waals surface area contributed by atoms with Crippen molar-refractivity contribution in [2.45, 2.75) is 81.3 Å². The van der Waals surface area contributed by atoms with Gasteiger partial charge in [-0.2, -0.15) is 24.7 Å². The Morgan fingerprint density at radius 2 is 1.54 bits per heavy atom. The Kier molecular flexibility index (Phi) is 7.41. The van der Waals surface area contributed by atoms with E-state index in [4.69, 9.17) is 20.6 Å². The lowest BCUT2D eigenvalue weighted by molar-refractivity contribution is 0.335. The third-order valence-corrected chi connectivity index (χ3v) is 7.97. The molecule has 9 heteroatoms. The third kappa shape index (κ3) is 5.24. The molecule has 186 valence electrons. The molecule has 0 aliphatic heterocycles. The van der Waals surface area contributed by atoms with Crippen LogP contribution >= 0.6 is 11.8 Å². The molecule has 0 radical (unpaired) electrons. The van der Waals surface area contributed by atoms with Gasteiger partial charge in [0, 0.05) is 17.6 Å². The van der Waals surface area contributed by atoms with Crippen molar-refractivity contribution < 1.29 is 4.74 Å². The van der Waals surface area contributed by atoms with Gasteiger partial charge in [-0.05, 0) is 62.3 Å². The van der Waals surface area contributed by atoms with E-state index in [0.29, 0.717) is 24.0 Å². The first-order valence-corrected chi connectivity index (χ1v) is 14.0. The minimum absolute atomic E-state index is 0.246. The first-order chi connectivity index (χ1) is 17.2. The molecule has 0 saturated heterocycles. The van der Waals surface area contributed by atoms with Crippen LogP contribution < -0.4 is 15.4 Å². The topological polar surface area (TPSA) is 95.0 Å². The van der Waals surface area contributed by atoms with Crippen molar-refractivity contribution in [3.63, 3.8) is 0 Å². The highest BCUT2D eigenvalue weighted by molar-refractivity contribution is 7.98. The predicted octanol–water partition coefficient (Wildman–Crippen LogP) is 5.51. The normalized spacial score (nSPS) is 17.4. The number of methoxy groups -OCH3 is 1. The van der Waals surface area contributed by atoms with Crippen LogP contribution in [0.3, 0.4) is 0 Å². The maximum atomic E-state index is 6.28. The zero-order valence-electron chi connectivity index (χ0n) is 20.7. The first-order valence-electron chi connectivity index (χ1n) is 12.7. The van der Waals surface area contributed by atoms with Crippen molar-refractivity contribution in [3.05, 3.63) is 30.3 Å². The number of nitrogen functional groups attached to an aromatic ring is 1. The monoisotopic (exact) mass is 493 g/mol. The Balaban J connectivity index is 1.53. The Labute approximate surface area is 211 Å². The summed E-state index contributed by atoms with van der Waals surface area (Å²) in [6.45, 7) is 0. The summed E-state index contributed by atoms with van der Waals surface area (Å²) >= 11 is 1.61. The van der Waals surface area contributed by atoms with Gasteiger partial charge < -0.3 is 15.4 Å². The maximum Gasteiger partial charge on any atom is 0.258 e. The molecule has 2 fully saturated rings. The minimum atomic E-state index is 0.246. The summed E-state index contributed by atoms with van der Waals surface area (Å²) in [6, 6.07) is 10.9. The van der Waals surface area contributed by atoms with Crippen LogP contribution in [0.5, 0.6) is 5.75 Å². The SMILES string of the molecule is COc1ccc(-c2cc(SC)n(-c3nc(N)nc(N(C4CCCCC4)C4CCCCC4)n3)n2)cc1. The first kappa shape index (κ1) is 23.9. The highest BCUT2D eigenvalue weighted by Crippen LogP contribution is 2.34. The second kappa shape index (κ2) is 10.8. The number of hydrogen-bond acceptors (Lipinski definition) is 8. The van der Waals surface area contributed by atoms with Gasteiger partial charge in [-0.3, -0.25) is 0 Å². The molecule has 8 nitrogen and oxygen atoms in total. The molecule has 2 aliphatic carbocycles. The summed E-state index contributed by atoms with van der Waals surface area (Å²) in [5.41, 5.74) is 8.15. The van der Waals surface area contributed by atoms with E-state index in [1.165, 1.54) is 64.2 Å². The van der Waals surface area contributed by atoms with E-state index >= 15 is 0 Å². The number of thioether (sulfide) groups is 1. The lowest BCUT2D eigenvalue weighted by Gasteiger charge is -2.41. The number of aromatic nitrogens is 5. The Morgan fingerprint density at radius 3 is 2.11 bits per heavy atom. The average molecular weight is 494 g/mol. The van der Waals surface area contributed by atoms with Gasteiger partial charge in [0.25, 0.3) is 5.95 Å². The summed E-state index contributed by atoms with van der Waals surface area (Å²) in [7, 11) is 1.67. The van der Waals surface area contributed by atoms with Crippen LogP contribution in [0.1, 0.15) is 64.2 Å². The zero-order chi connectivity index (χ0) is 24.2. The van der Waals surface area contributed by atoms with E-state index in [1.54, 1.807) is 23.6 Å². The van der Waals surface area contributed by atoms with Gasteiger partial charge in [0.2, 0.25) is 11.9 Å². The maximum absolute atomic E-state index is 6.28. The summed E-state index contributed by atoms with van der Waals surface area (Å²) in [5.74, 6) is 2.25. The Bertz CT molecular complexity index is 1100. The molecule has 0 amide bonds. The highest BCUT2D eigenvalue weighted by Gasteiger charge is 2.31. The van der Waals surface area contributed by atoms with E-state index < -0.39 is 0 Å². The second-order valence-electron chi connectivity index (χ2n) is 9.50. The fourth-order valence-electron chi connectivity index (χ4n) is 5.48. The molecule has 0 bridgehead atoms. The molecule has 0 unspecified atom stereocenters. The fraction of sp³-hybridized carbons (Fsp3) is 0.538. The van der Waals surface area contributed by atoms with E-state index in [2.05, 4.69) is 20.9 Å². The van der Waals surface area contributed by atoms with Gasteiger partial charge in [-0.15, -0.1) is 11.8 Å². The number of nitrogens with zero attached hydrogens (tertiary/aromatic N) is 6. The number of ether oxygens (including phenoxy) is 1. The molecule has 2 N–H and O–H groups in total. The largest absolute Gasteiger partial charge is 0.497 e. The Morgan fingerprint density at radius 1 is 0.914 bits per heavy atom. The van der Waals surface area contributed by atoms with Crippen molar-refractivity contribution in [2.75, 3.05) is 24.0 Å². The van der Waals surface area contributed by atoms with Crippen LogP contribution in [0.25, 0.3) is 17.2 Å². The van der Waals surface area contributed by atoms with Crippen LogP contribution in [0.2, 0.25) is 0 Å². The lowest BCUT2D eigenvalue weighted by Crippen LogP contribution is -2.46. The number of nitrogens with two attached hydrogens (primary N) is 1. The molecule has 0 spiro atoms. The zero-order valence-corrected chi connectivity index (χ0v) is 21.5. The van der Waals surface area contributed by atoms with Gasteiger partial charge in [-0.25, -0.2) is 0 Å². The van der Waals surface area contributed by atoms with Gasteiger partial charge in [0.1, 0.15) is 10.8 Å². The van der Waals surface area contributed by atoms with E-state index in [-0.39, 0.29) is 5.95 Å². The van der Waals surface area contributed by atoms with Crippen LogP contribution in [0.4, 0.5) is 11.9 Å². The van der Waals surface area contributed by atoms with Crippen LogP contribution in [0, 0.1) is 0 Å². The summed E-state index contributed by atoms with van der Waals surface area (Å²) < 4.78 is 7.10. The number of rotatable bonds is 7. The van der Waals surface area contributed by atoms with Gasteiger partial charge in [0.05, 0.1) is 12.8 Å². The fourth-order valence-corrected chi connectivity index (χ4v) is 6.00. The molecule has 35 heavy (non-hydrogen) atoms. The van der Waals surface area contributed by atoms with Crippen molar-refractivity contribution in [1.82, 2.24) is 24.7 Å². The molecule has 0 atom stereocenters. The van der Waals surface area contributed by atoms with Crippen molar-refractivity contribution >= 4 is 23.7 Å².